The molecular formula is C8H22N2+2. The van der Waals surface area contributed by atoms with Crippen LogP contribution in [0.15, 0.2) is 0 Å². The molecule has 0 spiro atoms. The third-order valence-corrected chi connectivity index (χ3v) is 1.67. The summed E-state index contributed by atoms with van der Waals surface area (Å²) in [6.07, 6.45) is 5.57. The number of piperidine rings is 1. The lowest BCUT2D eigenvalue weighted by Gasteiger charge is -2.05. The van der Waals surface area contributed by atoms with Gasteiger partial charge in [0.15, 0.2) is 0 Å². The van der Waals surface area contributed by atoms with Crippen LogP contribution in [0.5, 0.6) is 0 Å². The fourth-order valence-corrected chi connectivity index (χ4v) is 0.898. The van der Waals surface area contributed by atoms with Crippen molar-refractivity contribution in [1.82, 2.24) is 0 Å². The van der Waals surface area contributed by atoms with Gasteiger partial charge in [-0.2, -0.15) is 0 Å². The van der Waals surface area contributed by atoms with Crippen LogP contribution < -0.4 is 11.1 Å². The zero-order valence-corrected chi connectivity index (χ0v) is 7.23. The molecule has 0 aromatic carbocycles. The standard InChI is InChI=1S/C5H11N.C3H9N/c1-2-4-6-5-3-1;1-2-3-4/h6H,1-5H2;2-4H2,1H3/p+2. The Bertz CT molecular complexity index is 37.7. The zero-order chi connectivity index (χ0) is 7.66. The van der Waals surface area contributed by atoms with Crippen molar-refractivity contribution in [2.45, 2.75) is 32.6 Å². The second-order valence-electron chi connectivity index (χ2n) is 2.78. The largest absolute Gasteiger partial charge is 0.358 e. The first-order valence-corrected chi connectivity index (χ1v) is 4.52. The topological polar surface area (TPSA) is 44.2 Å². The Labute approximate surface area is 64.2 Å². The van der Waals surface area contributed by atoms with Crippen molar-refractivity contribution >= 4 is 0 Å². The summed E-state index contributed by atoms with van der Waals surface area (Å²) in [6, 6.07) is 0. The lowest BCUT2D eigenvalue weighted by atomic mass is 10.2. The highest BCUT2D eigenvalue weighted by atomic mass is 14.9. The highest BCUT2D eigenvalue weighted by Gasteiger charge is 1.97. The molecule has 0 aliphatic carbocycles. The van der Waals surface area contributed by atoms with E-state index in [1.54, 1.807) is 0 Å². The van der Waals surface area contributed by atoms with Gasteiger partial charge >= 0.3 is 0 Å². The summed E-state index contributed by atoms with van der Waals surface area (Å²) in [4.78, 5) is 0. The van der Waals surface area contributed by atoms with Gasteiger partial charge in [0, 0.05) is 0 Å². The molecule has 62 valence electrons. The Balaban J connectivity index is 0.000000180. The van der Waals surface area contributed by atoms with Gasteiger partial charge in [0.2, 0.25) is 0 Å². The van der Waals surface area contributed by atoms with Gasteiger partial charge < -0.3 is 11.1 Å². The van der Waals surface area contributed by atoms with Crippen LogP contribution in [0.25, 0.3) is 0 Å². The molecule has 1 fully saturated rings. The molecule has 0 radical (unpaired) electrons. The molecular weight excluding hydrogens is 124 g/mol. The molecule has 0 aromatic rings. The Kier molecular flexibility index (Phi) is 8.85. The van der Waals surface area contributed by atoms with Crippen LogP contribution >= 0.6 is 0 Å². The molecule has 1 saturated heterocycles. The summed E-state index contributed by atoms with van der Waals surface area (Å²) in [5.74, 6) is 0. The highest BCUT2D eigenvalue weighted by Crippen LogP contribution is 1.91. The van der Waals surface area contributed by atoms with Crippen molar-refractivity contribution < 1.29 is 11.1 Å². The Hall–Kier alpha value is -0.0800. The van der Waals surface area contributed by atoms with Crippen molar-refractivity contribution in [3.63, 3.8) is 0 Å². The molecule has 0 amide bonds. The second-order valence-corrected chi connectivity index (χ2v) is 2.78. The summed E-state index contributed by atoms with van der Waals surface area (Å²) < 4.78 is 0. The van der Waals surface area contributed by atoms with Gasteiger partial charge in [-0.3, -0.25) is 0 Å². The first-order chi connectivity index (χ1) is 4.91. The third kappa shape index (κ3) is 7.92. The Morgan fingerprint density at radius 3 is 1.80 bits per heavy atom. The number of rotatable bonds is 1. The molecule has 2 nitrogen and oxygen atoms in total. The Morgan fingerprint density at radius 2 is 1.70 bits per heavy atom. The lowest BCUT2D eigenvalue weighted by Crippen LogP contribution is -2.85. The van der Waals surface area contributed by atoms with E-state index in [1.165, 1.54) is 38.8 Å². The molecule has 0 atom stereocenters. The van der Waals surface area contributed by atoms with E-state index in [0.29, 0.717) is 0 Å². The van der Waals surface area contributed by atoms with Crippen molar-refractivity contribution in [1.29, 1.82) is 0 Å². The predicted octanol–water partition coefficient (Wildman–Crippen LogP) is -0.628. The molecule has 10 heavy (non-hydrogen) atoms. The van der Waals surface area contributed by atoms with Crippen LogP contribution in [-0.2, 0) is 0 Å². The molecule has 1 aliphatic rings. The molecule has 5 N–H and O–H groups in total. The van der Waals surface area contributed by atoms with Gasteiger partial charge in [-0.15, -0.1) is 0 Å². The molecule has 1 rings (SSSR count). The van der Waals surface area contributed by atoms with Crippen LogP contribution in [0, 0.1) is 0 Å². The number of quaternary nitrogens is 2. The van der Waals surface area contributed by atoms with Gasteiger partial charge in [0.05, 0.1) is 19.6 Å². The van der Waals surface area contributed by atoms with E-state index in [2.05, 4.69) is 18.0 Å². The second kappa shape index (κ2) is 8.92. The first-order valence-electron chi connectivity index (χ1n) is 4.52. The summed E-state index contributed by atoms with van der Waals surface area (Å²) in [5, 5.41) is 2.39. The molecule has 2 heteroatoms. The lowest BCUT2D eigenvalue weighted by molar-refractivity contribution is -0.662. The maximum atomic E-state index is 3.60. The number of nitrogens with two attached hydrogens (primary N) is 1. The fraction of sp³-hybridized carbons (Fsp3) is 1.00. The van der Waals surface area contributed by atoms with Crippen LogP contribution in [0.1, 0.15) is 32.6 Å². The zero-order valence-electron chi connectivity index (χ0n) is 7.23. The van der Waals surface area contributed by atoms with Gasteiger partial charge in [0.25, 0.3) is 0 Å². The van der Waals surface area contributed by atoms with Crippen LogP contribution in [0.2, 0.25) is 0 Å². The van der Waals surface area contributed by atoms with E-state index in [-0.39, 0.29) is 0 Å². The van der Waals surface area contributed by atoms with E-state index in [1.807, 2.05) is 0 Å². The van der Waals surface area contributed by atoms with E-state index in [0.717, 1.165) is 6.54 Å². The molecule has 0 unspecified atom stereocenters. The van der Waals surface area contributed by atoms with Crippen LogP contribution in [0.4, 0.5) is 0 Å². The monoisotopic (exact) mass is 146 g/mol. The molecule has 0 saturated carbocycles. The maximum Gasteiger partial charge on any atom is 0.0755 e. The first kappa shape index (κ1) is 9.92. The van der Waals surface area contributed by atoms with Gasteiger partial charge in [-0.05, 0) is 25.7 Å². The van der Waals surface area contributed by atoms with E-state index in [9.17, 15) is 0 Å². The van der Waals surface area contributed by atoms with E-state index < -0.39 is 0 Å². The minimum atomic E-state index is 1.07. The summed E-state index contributed by atoms with van der Waals surface area (Å²) in [5.41, 5.74) is 3.60. The van der Waals surface area contributed by atoms with Crippen molar-refractivity contribution in [3.8, 4) is 0 Å². The van der Waals surface area contributed by atoms with Crippen molar-refractivity contribution in [3.05, 3.63) is 0 Å². The van der Waals surface area contributed by atoms with E-state index in [4.69, 9.17) is 0 Å². The third-order valence-electron chi connectivity index (χ3n) is 1.67. The van der Waals surface area contributed by atoms with Crippen molar-refractivity contribution in [2.24, 2.45) is 0 Å². The fourth-order valence-electron chi connectivity index (χ4n) is 0.898. The van der Waals surface area contributed by atoms with E-state index >= 15 is 0 Å². The summed E-state index contributed by atoms with van der Waals surface area (Å²) in [7, 11) is 0. The van der Waals surface area contributed by atoms with Gasteiger partial charge in [-0.25, -0.2) is 0 Å². The molecule has 0 aromatic heterocycles. The predicted molar refractivity (Wildman–Crippen MR) is 43.6 cm³/mol. The minimum Gasteiger partial charge on any atom is -0.358 e. The smallest absolute Gasteiger partial charge is 0.0755 e. The average Bonchev–Trinajstić information content (AvgIpc) is 2.08. The average molecular weight is 146 g/mol. The normalized spacial score (nSPS) is 17.4. The SMILES string of the molecule is C1CC[NH2+]CC1.CCC[NH3+]. The highest BCUT2D eigenvalue weighted by molar-refractivity contribution is 4.40. The number of hydrogen-bond acceptors (Lipinski definition) is 0. The molecule has 0 bridgehead atoms. The van der Waals surface area contributed by atoms with Gasteiger partial charge in [-0.1, -0.05) is 6.92 Å². The molecule has 1 heterocycles. The minimum absolute atomic E-state index is 1.07. The van der Waals surface area contributed by atoms with Crippen LogP contribution in [0.3, 0.4) is 0 Å². The summed E-state index contributed by atoms with van der Waals surface area (Å²) in [6.45, 7) is 5.94. The maximum absolute atomic E-state index is 3.60. The Morgan fingerprint density at radius 1 is 1.20 bits per heavy atom. The summed E-state index contributed by atoms with van der Waals surface area (Å²) >= 11 is 0. The molecule has 1 aliphatic heterocycles. The quantitative estimate of drug-likeness (QED) is 0.495. The number of hydrogen-bond donors (Lipinski definition) is 2. The van der Waals surface area contributed by atoms with Crippen LogP contribution in [-0.4, -0.2) is 19.6 Å². The van der Waals surface area contributed by atoms with Gasteiger partial charge in [0.1, 0.15) is 0 Å². The van der Waals surface area contributed by atoms with Crippen molar-refractivity contribution in [2.75, 3.05) is 19.6 Å².